The molecule has 0 atom stereocenters. The molecule has 6 heteroatoms. The highest BCUT2D eigenvalue weighted by Crippen LogP contribution is 2.24. The Balaban J connectivity index is 2.30. The first-order valence-corrected chi connectivity index (χ1v) is 5.59. The first-order chi connectivity index (χ1) is 8.66. The van der Waals surface area contributed by atoms with Crippen molar-refractivity contribution >= 4 is 28.7 Å². The summed E-state index contributed by atoms with van der Waals surface area (Å²) in [6, 6.07) is 8.00. The summed E-state index contributed by atoms with van der Waals surface area (Å²) in [4.78, 5) is 8.36. The van der Waals surface area contributed by atoms with E-state index in [9.17, 15) is 4.39 Å². The Bertz CT molecular complexity index is 738. The molecule has 3 rings (SSSR count). The summed E-state index contributed by atoms with van der Waals surface area (Å²) in [6.45, 7) is 0. The minimum atomic E-state index is -0.508. The molecule has 2 aromatic heterocycles. The smallest absolute Gasteiger partial charge is 0.207 e. The van der Waals surface area contributed by atoms with Gasteiger partial charge in [-0.1, -0.05) is 11.6 Å². The molecule has 0 aliphatic rings. The lowest BCUT2D eigenvalue weighted by Gasteiger charge is -2.06. The molecule has 0 aliphatic heterocycles. The predicted octanol–water partition coefficient (Wildman–Crippen LogP) is 2.80. The molecular formula is C12H8ClFN4. The average Bonchev–Trinajstić information content (AvgIpc) is 2.69. The van der Waals surface area contributed by atoms with Crippen molar-refractivity contribution in [3.8, 4) is 5.69 Å². The number of hydrogen-bond acceptors (Lipinski definition) is 3. The zero-order valence-corrected chi connectivity index (χ0v) is 9.89. The number of halogens is 2. The van der Waals surface area contributed by atoms with Gasteiger partial charge in [-0.2, -0.15) is 0 Å². The molecule has 0 fully saturated rings. The quantitative estimate of drug-likeness (QED) is 0.734. The van der Waals surface area contributed by atoms with E-state index in [1.807, 2.05) is 0 Å². The van der Waals surface area contributed by atoms with Crippen LogP contribution in [0.4, 0.5) is 10.3 Å². The molecule has 4 nitrogen and oxygen atoms in total. The van der Waals surface area contributed by atoms with Crippen molar-refractivity contribution < 1.29 is 4.39 Å². The van der Waals surface area contributed by atoms with Crippen molar-refractivity contribution in [2.45, 2.75) is 0 Å². The normalized spacial score (nSPS) is 11.0. The second kappa shape index (κ2) is 3.96. The van der Waals surface area contributed by atoms with Crippen LogP contribution in [0, 0.1) is 5.82 Å². The fraction of sp³-hybridized carbons (Fsp3) is 0. The monoisotopic (exact) mass is 262 g/mol. The molecule has 0 radical (unpaired) electrons. The third-order valence-electron chi connectivity index (χ3n) is 2.60. The molecule has 0 aliphatic carbocycles. The second-order valence-corrected chi connectivity index (χ2v) is 4.16. The Morgan fingerprint density at radius 3 is 2.89 bits per heavy atom. The maximum absolute atomic E-state index is 13.5. The zero-order valence-electron chi connectivity index (χ0n) is 9.14. The Morgan fingerprint density at radius 1 is 1.28 bits per heavy atom. The number of fused-ring (bicyclic) bond motifs is 1. The van der Waals surface area contributed by atoms with Crippen LogP contribution in [0.3, 0.4) is 0 Å². The highest BCUT2D eigenvalue weighted by molar-refractivity contribution is 6.30. The third kappa shape index (κ3) is 1.60. The van der Waals surface area contributed by atoms with Crippen LogP contribution in [0.5, 0.6) is 0 Å². The van der Waals surface area contributed by atoms with Crippen LogP contribution in [0.1, 0.15) is 0 Å². The van der Waals surface area contributed by atoms with Crippen molar-refractivity contribution in [2.24, 2.45) is 0 Å². The van der Waals surface area contributed by atoms with Crippen LogP contribution in [0.25, 0.3) is 16.9 Å². The fourth-order valence-electron chi connectivity index (χ4n) is 1.81. The fourth-order valence-corrected chi connectivity index (χ4v) is 1.93. The van der Waals surface area contributed by atoms with Gasteiger partial charge >= 0.3 is 0 Å². The summed E-state index contributed by atoms with van der Waals surface area (Å²) in [6.07, 6.45) is 1.63. The molecule has 0 spiro atoms. The van der Waals surface area contributed by atoms with E-state index in [4.69, 9.17) is 17.3 Å². The van der Waals surface area contributed by atoms with Crippen molar-refractivity contribution in [3.05, 3.63) is 47.4 Å². The van der Waals surface area contributed by atoms with Crippen LogP contribution in [0.15, 0.2) is 36.5 Å². The number of rotatable bonds is 1. The van der Waals surface area contributed by atoms with E-state index in [0.717, 1.165) is 0 Å². The maximum atomic E-state index is 13.5. The number of benzene rings is 1. The Kier molecular flexibility index (Phi) is 2.41. The van der Waals surface area contributed by atoms with Crippen LogP contribution >= 0.6 is 11.6 Å². The first-order valence-electron chi connectivity index (χ1n) is 5.21. The van der Waals surface area contributed by atoms with E-state index >= 15 is 0 Å². The number of hydrogen-bond donors (Lipinski definition) is 1. The Labute approximate surface area is 107 Å². The lowest BCUT2D eigenvalue weighted by Crippen LogP contribution is -2.01. The Hall–Kier alpha value is -2.14. The average molecular weight is 263 g/mol. The van der Waals surface area contributed by atoms with Gasteiger partial charge in [-0.05, 0) is 30.3 Å². The number of nitrogens with two attached hydrogens (primary N) is 1. The van der Waals surface area contributed by atoms with Crippen molar-refractivity contribution in [2.75, 3.05) is 5.73 Å². The van der Waals surface area contributed by atoms with Gasteiger partial charge in [0.25, 0.3) is 0 Å². The summed E-state index contributed by atoms with van der Waals surface area (Å²) in [5.41, 5.74) is 7.61. The van der Waals surface area contributed by atoms with Gasteiger partial charge in [0.1, 0.15) is 11.3 Å². The van der Waals surface area contributed by atoms with Crippen LogP contribution < -0.4 is 5.73 Å². The van der Waals surface area contributed by atoms with E-state index in [2.05, 4.69) is 9.97 Å². The number of pyridine rings is 1. The first kappa shape index (κ1) is 11.0. The summed E-state index contributed by atoms with van der Waals surface area (Å²) in [5.74, 6) is -0.253. The van der Waals surface area contributed by atoms with E-state index in [1.165, 1.54) is 12.1 Å². The third-order valence-corrected chi connectivity index (χ3v) is 2.91. The van der Waals surface area contributed by atoms with E-state index < -0.39 is 5.82 Å². The van der Waals surface area contributed by atoms with Gasteiger partial charge in [0, 0.05) is 6.20 Å². The van der Waals surface area contributed by atoms with E-state index in [1.54, 1.807) is 29.0 Å². The van der Waals surface area contributed by atoms with Gasteiger partial charge in [-0.15, -0.1) is 0 Å². The predicted molar refractivity (Wildman–Crippen MR) is 68.2 cm³/mol. The SMILES string of the molecule is Nc1nc2cccnc2n1-c1ccc(Cl)c(F)c1. The van der Waals surface area contributed by atoms with Crippen molar-refractivity contribution in [3.63, 3.8) is 0 Å². The minimum absolute atomic E-state index is 0.0645. The number of nitrogen functional groups attached to an aromatic ring is 1. The topological polar surface area (TPSA) is 56.7 Å². The lowest BCUT2D eigenvalue weighted by atomic mass is 10.3. The van der Waals surface area contributed by atoms with Gasteiger partial charge in [-0.25, -0.2) is 14.4 Å². The van der Waals surface area contributed by atoms with Crippen LogP contribution in [0.2, 0.25) is 5.02 Å². The molecule has 0 saturated carbocycles. The molecule has 1 aromatic carbocycles. The summed E-state index contributed by atoms with van der Waals surface area (Å²) < 4.78 is 15.1. The second-order valence-electron chi connectivity index (χ2n) is 3.75. The summed E-state index contributed by atoms with van der Waals surface area (Å²) in [5, 5.41) is 0.0645. The van der Waals surface area contributed by atoms with Gasteiger partial charge in [0.05, 0.1) is 10.7 Å². The highest BCUT2D eigenvalue weighted by Gasteiger charge is 2.12. The molecule has 90 valence electrons. The number of anilines is 1. The Morgan fingerprint density at radius 2 is 2.11 bits per heavy atom. The molecule has 3 aromatic rings. The molecule has 0 bridgehead atoms. The number of nitrogens with zero attached hydrogens (tertiary/aromatic N) is 3. The van der Waals surface area contributed by atoms with Crippen LogP contribution in [-0.4, -0.2) is 14.5 Å². The molecule has 0 saturated heterocycles. The standard InChI is InChI=1S/C12H8ClFN4/c13-8-4-3-7(6-9(8)14)18-11-10(17-12(18)15)2-1-5-16-11/h1-6H,(H2,15,17). The van der Waals surface area contributed by atoms with Crippen molar-refractivity contribution in [1.29, 1.82) is 0 Å². The van der Waals surface area contributed by atoms with E-state index in [0.29, 0.717) is 16.9 Å². The van der Waals surface area contributed by atoms with Gasteiger partial charge < -0.3 is 5.73 Å². The largest absolute Gasteiger partial charge is 0.369 e. The lowest BCUT2D eigenvalue weighted by molar-refractivity contribution is 0.627. The molecule has 18 heavy (non-hydrogen) atoms. The molecule has 2 N–H and O–H groups in total. The molecular weight excluding hydrogens is 255 g/mol. The van der Waals surface area contributed by atoms with Gasteiger partial charge in [0.15, 0.2) is 5.65 Å². The molecule has 0 unspecified atom stereocenters. The maximum Gasteiger partial charge on any atom is 0.207 e. The summed E-state index contributed by atoms with van der Waals surface area (Å²) >= 11 is 5.65. The van der Waals surface area contributed by atoms with E-state index in [-0.39, 0.29) is 11.0 Å². The number of imidazole rings is 1. The van der Waals surface area contributed by atoms with Crippen molar-refractivity contribution in [1.82, 2.24) is 14.5 Å². The van der Waals surface area contributed by atoms with Gasteiger partial charge in [0.2, 0.25) is 5.95 Å². The molecule has 0 amide bonds. The highest BCUT2D eigenvalue weighted by atomic mass is 35.5. The zero-order chi connectivity index (χ0) is 12.7. The minimum Gasteiger partial charge on any atom is -0.369 e. The summed E-state index contributed by atoms with van der Waals surface area (Å²) in [7, 11) is 0. The van der Waals surface area contributed by atoms with Crippen LogP contribution in [-0.2, 0) is 0 Å². The van der Waals surface area contributed by atoms with Gasteiger partial charge in [-0.3, -0.25) is 4.57 Å². The number of aromatic nitrogens is 3. The molecule has 2 heterocycles.